The van der Waals surface area contributed by atoms with Crippen molar-refractivity contribution in [1.82, 2.24) is 25.4 Å². The molecule has 22 heavy (non-hydrogen) atoms. The first-order chi connectivity index (χ1) is 10.7. The van der Waals surface area contributed by atoms with Crippen LogP contribution in [-0.2, 0) is 0 Å². The fourth-order valence-corrected chi connectivity index (χ4v) is 3.39. The first kappa shape index (κ1) is 15.2. The minimum absolute atomic E-state index is 0.204. The number of aromatic nitrogens is 3. The van der Waals surface area contributed by atoms with E-state index in [1.165, 1.54) is 5.56 Å². The predicted molar refractivity (Wildman–Crippen MR) is 86.2 cm³/mol. The maximum atomic E-state index is 12.2. The van der Waals surface area contributed by atoms with Gasteiger partial charge in [0.1, 0.15) is 6.33 Å². The lowest BCUT2D eigenvalue weighted by Gasteiger charge is -2.22. The molecule has 1 saturated heterocycles. The molecule has 0 aromatic carbocycles. The SMILES string of the molecule is C[C@@H](CNC(=O)c1ncn([C@@H]2CCCNC2)n1)c1ccsc1. The topological polar surface area (TPSA) is 71.8 Å². The minimum atomic E-state index is -0.204. The summed E-state index contributed by atoms with van der Waals surface area (Å²) < 4.78 is 1.81. The van der Waals surface area contributed by atoms with Crippen molar-refractivity contribution in [2.45, 2.75) is 31.7 Å². The van der Waals surface area contributed by atoms with E-state index in [0.29, 0.717) is 18.5 Å². The molecule has 3 rings (SSSR count). The van der Waals surface area contributed by atoms with E-state index in [0.717, 1.165) is 25.9 Å². The first-order valence-electron chi connectivity index (χ1n) is 7.66. The molecule has 0 spiro atoms. The second-order valence-corrected chi connectivity index (χ2v) is 6.50. The molecule has 118 valence electrons. The van der Waals surface area contributed by atoms with Gasteiger partial charge in [0.2, 0.25) is 5.82 Å². The van der Waals surface area contributed by atoms with Crippen LogP contribution in [0.1, 0.15) is 47.9 Å². The number of nitrogens with one attached hydrogen (secondary N) is 2. The molecule has 1 fully saturated rings. The molecule has 2 atom stereocenters. The number of thiophene rings is 1. The van der Waals surface area contributed by atoms with E-state index in [9.17, 15) is 4.79 Å². The molecule has 0 bridgehead atoms. The smallest absolute Gasteiger partial charge is 0.290 e. The molecule has 0 saturated carbocycles. The van der Waals surface area contributed by atoms with Crippen molar-refractivity contribution >= 4 is 17.2 Å². The molecule has 3 heterocycles. The quantitative estimate of drug-likeness (QED) is 0.881. The average molecular weight is 319 g/mol. The highest BCUT2D eigenvalue weighted by Gasteiger charge is 2.19. The number of amides is 1. The predicted octanol–water partition coefficient (Wildman–Crippen LogP) is 1.80. The zero-order chi connectivity index (χ0) is 15.4. The normalized spacial score (nSPS) is 19.8. The number of carbonyl (C=O) groups excluding carboxylic acids is 1. The second kappa shape index (κ2) is 7.02. The molecule has 1 amide bonds. The van der Waals surface area contributed by atoms with Crippen molar-refractivity contribution < 1.29 is 4.79 Å². The van der Waals surface area contributed by atoms with Crippen molar-refractivity contribution in [3.05, 3.63) is 34.5 Å². The van der Waals surface area contributed by atoms with Gasteiger partial charge >= 0.3 is 0 Å². The van der Waals surface area contributed by atoms with E-state index in [4.69, 9.17) is 0 Å². The Hall–Kier alpha value is -1.73. The van der Waals surface area contributed by atoms with Gasteiger partial charge in [-0.15, -0.1) is 5.10 Å². The third-order valence-electron chi connectivity index (χ3n) is 4.04. The van der Waals surface area contributed by atoms with Crippen molar-refractivity contribution in [3.63, 3.8) is 0 Å². The van der Waals surface area contributed by atoms with Crippen LogP contribution in [0.4, 0.5) is 0 Å². The van der Waals surface area contributed by atoms with Gasteiger partial charge in [0, 0.05) is 13.1 Å². The molecule has 0 radical (unpaired) electrons. The number of hydrogen-bond donors (Lipinski definition) is 2. The van der Waals surface area contributed by atoms with Crippen molar-refractivity contribution in [1.29, 1.82) is 0 Å². The van der Waals surface area contributed by atoms with Gasteiger partial charge in [0.25, 0.3) is 5.91 Å². The summed E-state index contributed by atoms with van der Waals surface area (Å²) in [6.45, 7) is 4.63. The van der Waals surface area contributed by atoms with Gasteiger partial charge in [0.05, 0.1) is 6.04 Å². The summed E-state index contributed by atoms with van der Waals surface area (Å²) in [6, 6.07) is 2.39. The van der Waals surface area contributed by atoms with Crippen molar-refractivity contribution in [3.8, 4) is 0 Å². The van der Waals surface area contributed by atoms with E-state index < -0.39 is 0 Å². The van der Waals surface area contributed by atoms with E-state index in [1.54, 1.807) is 17.7 Å². The zero-order valence-corrected chi connectivity index (χ0v) is 13.5. The molecular weight excluding hydrogens is 298 g/mol. The van der Waals surface area contributed by atoms with Crippen LogP contribution in [0.15, 0.2) is 23.2 Å². The van der Waals surface area contributed by atoms with Crippen LogP contribution < -0.4 is 10.6 Å². The summed E-state index contributed by atoms with van der Waals surface area (Å²) in [7, 11) is 0. The Morgan fingerprint density at radius 2 is 2.55 bits per heavy atom. The van der Waals surface area contributed by atoms with E-state index in [-0.39, 0.29) is 11.7 Å². The maximum absolute atomic E-state index is 12.2. The van der Waals surface area contributed by atoms with E-state index >= 15 is 0 Å². The molecule has 7 heteroatoms. The lowest BCUT2D eigenvalue weighted by Crippen LogP contribution is -2.32. The molecule has 1 aliphatic rings. The standard InChI is InChI=1S/C15H21N5OS/c1-11(12-4-6-22-9-12)7-17-15(21)14-18-10-20(19-14)13-3-2-5-16-8-13/h4,6,9-11,13,16H,2-3,5,7-8H2,1H3,(H,17,21)/t11-,13+/m0/s1. The highest BCUT2D eigenvalue weighted by Crippen LogP contribution is 2.17. The Labute approximate surface area is 133 Å². The highest BCUT2D eigenvalue weighted by molar-refractivity contribution is 7.07. The van der Waals surface area contributed by atoms with Crippen LogP contribution in [0.3, 0.4) is 0 Å². The largest absolute Gasteiger partial charge is 0.349 e. The van der Waals surface area contributed by atoms with Crippen LogP contribution in [0.2, 0.25) is 0 Å². The molecular formula is C15H21N5OS. The average Bonchev–Trinajstić information content (AvgIpc) is 3.24. The number of rotatable bonds is 5. The van der Waals surface area contributed by atoms with E-state index in [1.807, 2.05) is 4.68 Å². The Morgan fingerprint density at radius 3 is 3.27 bits per heavy atom. The summed E-state index contributed by atoms with van der Waals surface area (Å²) in [5.74, 6) is 0.340. The molecule has 0 aliphatic carbocycles. The van der Waals surface area contributed by atoms with Crippen molar-refractivity contribution in [2.24, 2.45) is 0 Å². The molecule has 1 aliphatic heterocycles. The summed E-state index contributed by atoms with van der Waals surface area (Å²) in [5, 5.41) is 14.7. The zero-order valence-electron chi connectivity index (χ0n) is 12.7. The molecule has 2 aromatic heterocycles. The van der Waals surface area contributed by atoms with Crippen LogP contribution in [0.5, 0.6) is 0 Å². The van der Waals surface area contributed by atoms with Gasteiger partial charge in [0.15, 0.2) is 0 Å². The van der Waals surface area contributed by atoms with Gasteiger partial charge in [-0.2, -0.15) is 11.3 Å². The molecule has 2 aromatic rings. The number of nitrogens with zero attached hydrogens (tertiary/aromatic N) is 3. The van der Waals surface area contributed by atoms with Crippen LogP contribution >= 0.6 is 11.3 Å². The third-order valence-corrected chi connectivity index (χ3v) is 4.74. The summed E-state index contributed by atoms with van der Waals surface area (Å²) in [4.78, 5) is 16.3. The summed E-state index contributed by atoms with van der Waals surface area (Å²) in [5.41, 5.74) is 1.25. The van der Waals surface area contributed by atoms with Crippen LogP contribution in [0, 0.1) is 0 Å². The van der Waals surface area contributed by atoms with Gasteiger partial charge in [-0.3, -0.25) is 4.79 Å². The summed E-state index contributed by atoms with van der Waals surface area (Å²) >= 11 is 1.67. The van der Waals surface area contributed by atoms with Crippen molar-refractivity contribution in [2.75, 3.05) is 19.6 Å². The second-order valence-electron chi connectivity index (χ2n) is 5.72. The molecule has 6 nitrogen and oxygen atoms in total. The lowest BCUT2D eigenvalue weighted by molar-refractivity contribution is 0.0940. The first-order valence-corrected chi connectivity index (χ1v) is 8.60. The van der Waals surface area contributed by atoms with Crippen LogP contribution in [0.25, 0.3) is 0 Å². The van der Waals surface area contributed by atoms with Gasteiger partial charge in [-0.25, -0.2) is 9.67 Å². The third kappa shape index (κ3) is 3.53. The molecule has 2 N–H and O–H groups in total. The van der Waals surface area contributed by atoms with E-state index in [2.05, 4.69) is 44.5 Å². The lowest BCUT2D eigenvalue weighted by atomic mass is 10.1. The Morgan fingerprint density at radius 1 is 1.64 bits per heavy atom. The number of carbonyl (C=O) groups is 1. The Kier molecular flexibility index (Phi) is 4.84. The van der Waals surface area contributed by atoms with Gasteiger partial charge < -0.3 is 10.6 Å². The Balaban J connectivity index is 1.55. The monoisotopic (exact) mass is 319 g/mol. The number of hydrogen-bond acceptors (Lipinski definition) is 5. The summed E-state index contributed by atoms with van der Waals surface area (Å²) in [6.07, 6.45) is 3.87. The minimum Gasteiger partial charge on any atom is -0.349 e. The molecule has 0 unspecified atom stereocenters. The van der Waals surface area contributed by atoms with Crippen LogP contribution in [-0.4, -0.2) is 40.3 Å². The fourth-order valence-electron chi connectivity index (χ4n) is 2.61. The maximum Gasteiger partial charge on any atom is 0.290 e. The number of piperidine rings is 1. The highest BCUT2D eigenvalue weighted by atomic mass is 32.1. The van der Waals surface area contributed by atoms with Gasteiger partial charge in [-0.05, 0) is 47.7 Å². The Bertz CT molecular complexity index is 603. The van der Waals surface area contributed by atoms with Gasteiger partial charge in [-0.1, -0.05) is 6.92 Å². The fraction of sp³-hybridized carbons (Fsp3) is 0.533.